The second kappa shape index (κ2) is 6.30. The van der Waals surface area contributed by atoms with E-state index in [1.54, 1.807) is 29.8 Å². The maximum absolute atomic E-state index is 12.4. The van der Waals surface area contributed by atoms with Gasteiger partial charge in [-0.3, -0.25) is 4.79 Å². The van der Waals surface area contributed by atoms with Crippen LogP contribution in [0.4, 0.5) is 0 Å². The number of nitrogens with zero attached hydrogens (tertiary/aromatic N) is 4. The average Bonchev–Trinajstić information content (AvgIpc) is 3.04. The number of amides is 1. The van der Waals surface area contributed by atoms with Gasteiger partial charge in [0.25, 0.3) is 5.91 Å². The number of rotatable bonds is 3. The quantitative estimate of drug-likeness (QED) is 0.874. The molecule has 1 saturated heterocycles. The summed E-state index contributed by atoms with van der Waals surface area (Å²) in [5, 5.41) is 3.27. The lowest BCUT2D eigenvalue weighted by molar-refractivity contribution is 0.0694. The van der Waals surface area contributed by atoms with Gasteiger partial charge in [-0.1, -0.05) is 6.92 Å². The number of piperidine rings is 1. The number of aromatic nitrogens is 3. The van der Waals surface area contributed by atoms with Crippen molar-refractivity contribution in [1.29, 1.82) is 0 Å². The largest absolute Gasteiger partial charge is 0.335 e. The monoisotopic (exact) mass is 302 g/mol. The number of likely N-dealkylation sites (tertiary alicyclic amines) is 1. The van der Waals surface area contributed by atoms with Crippen LogP contribution in [0.25, 0.3) is 0 Å². The highest BCUT2D eigenvalue weighted by atomic mass is 32.1. The lowest BCUT2D eigenvalue weighted by Gasteiger charge is -2.31. The molecule has 1 aliphatic heterocycles. The van der Waals surface area contributed by atoms with Gasteiger partial charge >= 0.3 is 0 Å². The fourth-order valence-corrected chi connectivity index (χ4v) is 3.62. The maximum atomic E-state index is 12.4. The molecule has 3 rings (SSSR count). The van der Waals surface area contributed by atoms with Crippen molar-refractivity contribution in [2.75, 3.05) is 13.1 Å². The molecule has 0 bridgehead atoms. The summed E-state index contributed by atoms with van der Waals surface area (Å²) in [4.78, 5) is 27.1. The molecule has 1 atom stereocenters. The number of carbonyl (C=O) groups excluding carboxylic acids is 1. The third kappa shape index (κ3) is 3.10. The van der Waals surface area contributed by atoms with Crippen LogP contribution in [0.1, 0.15) is 47.0 Å². The van der Waals surface area contributed by atoms with Gasteiger partial charge in [0.2, 0.25) is 5.82 Å². The Hall–Kier alpha value is -1.82. The first-order valence-corrected chi connectivity index (χ1v) is 8.16. The molecular weight excluding hydrogens is 284 g/mol. The van der Waals surface area contributed by atoms with Crippen LogP contribution in [-0.4, -0.2) is 38.8 Å². The maximum Gasteiger partial charge on any atom is 0.291 e. The van der Waals surface area contributed by atoms with Crippen molar-refractivity contribution in [2.24, 2.45) is 0 Å². The number of thiazole rings is 1. The number of carbonyl (C=O) groups is 1. The van der Waals surface area contributed by atoms with Crippen LogP contribution in [0.3, 0.4) is 0 Å². The van der Waals surface area contributed by atoms with Gasteiger partial charge in [-0.05, 0) is 25.3 Å². The Balaban J connectivity index is 1.72. The van der Waals surface area contributed by atoms with Crippen molar-refractivity contribution in [3.63, 3.8) is 0 Å². The van der Waals surface area contributed by atoms with E-state index in [9.17, 15) is 4.79 Å². The molecule has 110 valence electrons. The predicted octanol–water partition coefficient (Wildman–Crippen LogP) is 2.52. The van der Waals surface area contributed by atoms with E-state index in [1.807, 2.05) is 4.90 Å². The molecule has 0 saturated carbocycles. The lowest BCUT2D eigenvalue weighted by Crippen LogP contribution is -2.39. The molecule has 0 unspecified atom stereocenters. The molecule has 0 radical (unpaired) electrons. The Morgan fingerprint density at radius 3 is 2.95 bits per heavy atom. The van der Waals surface area contributed by atoms with Gasteiger partial charge in [-0.2, -0.15) is 0 Å². The molecule has 0 aliphatic carbocycles. The van der Waals surface area contributed by atoms with E-state index >= 15 is 0 Å². The van der Waals surface area contributed by atoms with E-state index in [1.165, 1.54) is 0 Å². The summed E-state index contributed by atoms with van der Waals surface area (Å²) in [5.41, 5.74) is 1.14. The molecule has 1 fully saturated rings. The highest BCUT2D eigenvalue weighted by Gasteiger charge is 2.28. The molecule has 0 aromatic carbocycles. The minimum atomic E-state index is -0.0763. The molecule has 2 aromatic rings. The summed E-state index contributed by atoms with van der Waals surface area (Å²) >= 11 is 1.71. The highest BCUT2D eigenvalue weighted by Crippen LogP contribution is 2.29. The minimum absolute atomic E-state index is 0.0763. The second-order valence-corrected chi connectivity index (χ2v) is 6.08. The van der Waals surface area contributed by atoms with E-state index in [4.69, 9.17) is 0 Å². The van der Waals surface area contributed by atoms with E-state index in [2.05, 4.69) is 27.3 Å². The van der Waals surface area contributed by atoms with Crippen molar-refractivity contribution in [2.45, 2.75) is 32.1 Å². The Morgan fingerprint density at radius 1 is 1.43 bits per heavy atom. The first kappa shape index (κ1) is 14.1. The predicted molar refractivity (Wildman–Crippen MR) is 81.4 cm³/mol. The van der Waals surface area contributed by atoms with Gasteiger partial charge in [-0.25, -0.2) is 15.0 Å². The molecule has 1 aliphatic rings. The van der Waals surface area contributed by atoms with Crippen LogP contribution in [0, 0.1) is 0 Å². The van der Waals surface area contributed by atoms with Crippen LogP contribution in [0.15, 0.2) is 23.8 Å². The van der Waals surface area contributed by atoms with Crippen LogP contribution in [-0.2, 0) is 6.42 Å². The zero-order chi connectivity index (χ0) is 14.7. The number of hydrogen-bond acceptors (Lipinski definition) is 5. The fraction of sp³-hybridized carbons (Fsp3) is 0.467. The normalized spacial score (nSPS) is 18.7. The SMILES string of the molecule is CCc1csc([C@@H]2CCCN(C(=O)c3ncccn3)C2)n1. The molecule has 0 N–H and O–H groups in total. The van der Waals surface area contributed by atoms with Gasteiger partial charge in [0.05, 0.1) is 10.7 Å². The molecule has 6 heteroatoms. The van der Waals surface area contributed by atoms with Crippen LogP contribution in [0.2, 0.25) is 0 Å². The molecule has 5 nitrogen and oxygen atoms in total. The highest BCUT2D eigenvalue weighted by molar-refractivity contribution is 7.09. The van der Waals surface area contributed by atoms with Crippen LogP contribution < -0.4 is 0 Å². The molecular formula is C15H18N4OS. The standard InChI is InChI=1S/C15H18N4OS/c1-2-12-10-21-14(18-12)11-5-3-8-19(9-11)15(20)13-16-6-4-7-17-13/h4,6-7,10-11H,2-3,5,8-9H2,1H3/t11-/m1/s1. The summed E-state index contributed by atoms with van der Waals surface area (Å²) in [7, 11) is 0. The molecule has 21 heavy (non-hydrogen) atoms. The van der Waals surface area contributed by atoms with E-state index < -0.39 is 0 Å². The van der Waals surface area contributed by atoms with Crippen LogP contribution in [0.5, 0.6) is 0 Å². The number of hydrogen-bond donors (Lipinski definition) is 0. The van der Waals surface area contributed by atoms with Gasteiger partial charge in [0.1, 0.15) is 0 Å². The summed E-state index contributed by atoms with van der Waals surface area (Å²) < 4.78 is 0. The van der Waals surface area contributed by atoms with E-state index in [-0.39, 0.29) is 11.7 Å². The Labute approximate surface area is 128 Å². The van der Waals surface area contributed by atoms with Crippen molar-refractivity contribution >= 4 is 17.2 Å². The zero-order valence-corrected chi connectivity index (χ0v) is 12.8. The van der Waals surface area contributed by atoms with Crippen molar-refractivity contribution in [1.82, 2.24) is 19.9 Å². The van der Waals surface area contributed by atoms with E-state index in [0.29, 0.717) is 12.5 Å². The molecule has 3 heterocycles. The number of aryl methyl sites for hydroxylation is 1. The molecule has 2 aromatic heterocycles. The topological polar surface area (TPSA) is 59.0 Å². The summed E-state index contributed by atoms with van der Waals surface area (Å²) in [6.07, 6.45) is 6.27. The van der Waals surface area contributed by atoms with Gasteiger partial charge in [-0.15, -0.1) is 11.3 Å². The van der Waals surface area contributed by atoms with Crippen molar-refractivity contribution in [3.8, 4) is 0 Å². The fourth-order valence-electron chi connectivity index (χ4n) is 2.59. The van der Waals surface area contributed by atoms with Crippen molar-refractivity contribution < 1.29 is 4.79 Å². The molecule has 0 spiro atoms. The summed E-state index contributed by atoms with van der Waals surface area (Å²) in [6, 6.07) is 1.72. The second-order valence-electron chi connectivity index (χ2n) is 5.19. The minimum Gasteiger partial charge on any atom is -0.335 e. The first-order chi connectivity index (χ1) is 10.3. The third-order valence-electron chi connectivity index (χ3n) is 3.75. The van der Waals surface area contributed by atoms with E-state index in [0.717, 1.165) is 36.5 Å². The van der Waals surface area contributed by atoms with Gasteiger partial charge in [0, 0.05) is 36.8 Å². The Kier molecular flexibility index (Phi) is 4.24. The average molecular weight is 302 g/mol. The van der Waals surface area contributed by atoms with Crippen molar-refractivity contribution in [3.05, 3.63) is 40.4 Å². The van der Waals surface area contributed by atoms with Gasteiger partial charge in [0.15, 0.2) is 0 Å². The molecule has 1 amide bonds. The third-order valence-corrected chi connectivity index (χ3v) is 4.80. The lowest BCUT2D eigenvalue weighted by atomic mass is 9.98. The summed E-state index contributed by atoms with van der Waals surface area (Å²) in [6.45, 7) is 3.61. The first-order valence-electron chi connectivity index (χ1n) is 7.28. The zero-order valence-electron chi connectivity index (χ0n) is 12.0. The Bertz CT molecular complexity index is 613. The summed E-state index contributed by atoms with van der Waals surface area (Å²) in [5.74, 6) is 0.552. The van der Waals surface area contributed by atoms with Gasteiger partial charge < -0.3 is 4.90 Å². The smallest absolute Gasteiger partial charge is 0.291 e. The Morgan fingerprint density at radius 2 is 2.24 bits per heavy atom. The van der Waals surface area contributed by atoms with Crippen LogP contribution >= 0.6 is 11.3 Å².